The summed E-state index contributed by atoms with van der Waals surface area (Å²) in [5, 5.41) is 0. The lowest BCUT2D eigenvalue weighted by molar-refractivity contribution is -0.148. The first kappa shape index (κ1) is 25.8. The normalized spacial score (nSPS) is 11.5. The van der Waals surface area contributed by atoms with Crippen molar-refractivity contribution >= 4 is 0 Å². The molecule has 0 aromatic carbocycles. The maximum absolute atomic E-state index is 6.04. The van der Waals surface area contributed by atoms with Gasteiger partial charge in [0.25, 0.3) is 0 Å². The zero-order valence-electron chi connectivity index (χ0n) is 17.9. The molecule has 0 aliphatic heterocycles. The molecule has 0 spiro atoms. The van der Waals surface area contributed by atoms with Gasteiger partial charge < -0.3 is 9.47 Å². The number of rotatable bonds is 22. The third kappa shape index (κ3) is 20.2. The van der Waals surface area contributed by atoms with Gasteiger partial charge in [0.2, 0.25) is 0 Å². The van der Waals surface area contributed by atoms with Gasteiger partial charge in [-0.3, -0.25) is 11.3 Å². The molecular formula is C22H48N2O2. The van der Waals surface area contributed by atoms with E-state index in [-0.39, 0.29) is 6.29 Å². The van der Waals surface area contributed by atoms with Crippen LogP contribution < -0.4 is 11.3 Å². The molecule has 0 unspecified atom stereocenters. The Bertz CT molecular complexity index is 234. The van der Waals surface area contributed by atoms with Crippen LogP contribution in [0.4, 0.5) is 0 Å². The second-order valence-corrected chi connectivity index (χ2v) is 7.51. The number of nitrogens with one attached hydrogen (secondary N) is 1. The average Bonchev–Trinajstić information content (AvgIpc) is 2.65. The molecule has 0 fully saturated rings. The quantitative estimate of drug-likeness (QED) is 0.104. The zero-order valence-corrected chi connectivity index (χ0v) is 17.9. The number of hydrazine groups is 1. The van der Waals surface area contributed by atoms with E-state index in [0.29, 0.717) is 0 Å². The van der Waals surface area contributed by atoms with Gasteiger partial charge in [0.15, 0.2) is 6.29 Å². The Hall–Kier alpha value is -0.160. The average molecular weight is 373 g/mol. The first-order valence-electron chi connectivity index (χ1n) is 11.5. The van der Waals surface area contributed by atoms with E-state index < -0.39 is 0 Å². The summed E-state index contributed by atoms with van der Waals surface area (Å²) < 4.78 is 12.1. The Kier molecular flexibility index (Phi) is 22.7. The predicted octanol–water partition coefficient (Wildman–Crippen LogP) is 6.09. The van der Waals surface area contributed by atoms with Crippen LogP contribution in [0.25, 0.3) is 0 Å². The van der Waals surface area contributed by atoms with Crippen LogP contribution in [0.3, 0.4) is 0 Å². The molecule has 0 rings (SSSR count). The number of nitrogens with two attached hydrogens (primary N) is 1. The van der Waals surface area contributed by atoms with Crippen molar-refractivity contribution in [3.05, 3.63) is 0 Å². The SMILES string of the molecule is CCCCCCCCOC(CCCCCNN)OCCCCCCCC. The molecule has 0 aromatic heterocycles. The van der Waals surface area contributed by atoms with Gasteiger partial charge in [-0.15, -0.1) is 0 Å². The van der Waals surface area contributed by atoms with Gasteiger partial charge in [-0.25, -0.2) is 0 Å². The minimum Gasteiger partial charge on any atom is -0.353 e. The van der Waals surface area contributed by atoms with Gasteiger partial charge in [0, 0.05) is 19.8 Å². The second kappa shape index (κ2) is 22.9. The Labute approximate surface area is 163 Å². The summed E-state index contributed by atoms with van der Waals surface area (Å²) in [5.74, 6) is 5.32. The van der Waals surface area contributed by atoms with Gasteiger partial charge in [0.1, 0.15) is 0 Å². The van der Waals surface area contributed by atoms with Crippen LogP contribution in [0.15, 0.2) is 0 Å². The minimum absolute atomic E-state index is 0.00730. The second-order valence-electron chi connectivity index (χ2n) is 7.51. The highest BCUT2D eigenvalue weighted by molar-refractivity contribution is 4.52. The Balaban J connectivity index is 3.75. The summed E-state index contributed by atoms with van der Waals surface area (Å²) in [7, 11) is 0. The van der Waals surface area contributed by atoms with Crippen molar-refractivity contribution in [1.29, 1.82) is 0 Å². The Morgan fingerprint density at radius 2 is 1.08 bits per heavy atom. The van der Waals surface area contributed by atoms with E-state index in [2.05, 4.69) is 19.3 Å². The van der Waals surface area contributed by atoms with E-state index in [1.54, 1.807) is 0 Å². The molecule has 3 N–H and O–H groups in total. The zero-order chi connectivity index (χ0) is 19.1. The summed E-state index contributed by atoms with van der Waals surface area (Å²) in [6.45, 7) is 7.11. The monoisotopic (exact) mass is 372 g/mol. The van der Waals surface area contributed by atoms with Crippen molar-refractivity contribution in [2.24, 2.45) is 5.84 Å². The first-order valence-corrected chi connectivity index (χ1v) is 11.5. The lowest BCUT2D eigenvalue weighted by Gasteiger charge is -2.19. The van der Waals surface area contributed by atoms with Crippen LogP contribution in [0.1, 0.15) is 117 Å². The Morgan fingerprint density at radius 3 is 1.58 bits per heavy atom. The lowest BCUT2D eigenvalue weighted by Crippen LogP contribution is -2.23. The first-order chi connectivity index (χ1) is 12.8. The largest absolute Gasteiger partial charge is 0.353 e. The molecule has 0 atom stereocenters. The van der Waals surface area contributed by atoms with E-state index >= 15 is 0 Å². The van der Waals surface area contributed by atoms with Gasteiger partial charge in [0.05, 0.1) is 0 Å². The van der Waals surface area contributed by atoms with Crippen LogP contribution >= 0.6 is 0 Å². The molecule has 26 heavy (non-hydrogen) atoms. The number of hydrogen-bond acceptors (Lipinski definition) is 4. The van der Waals surface area contributed by atoms with Gasteiger partial charge in [-0.05, 0) is 32.1 Å². The van der Waals surface area contributed by atoms with Crippen LogP contribution in [0.2, 0.25) is 0 Å². The van der Waals surface area contributed by atoms with Crippen LogP contribution in [-0.4, -0.2) is 26.0 Å². The van der Waals surface area contributed by atoms with Crippen molar-refractivity contribution in [3.63, 3.8) is 0 Å². The van der Waals surface area contributed by atoms with E-state index in [0.717, 1.165) is 51.9 Å². The Morgan fingerprint density at radius 1 is 0.615 bits per heavy atom. The maximum Gasteiger partial charge on any atom is 0.157 e. The van der Waals surface area contributed by atoms with Crippen molar-refractivity contribution in [2.75, 3.05) is 19.8 Å². The van der Waals surface area contributed by atoms with E-state index in [4.69, 9.17) is 15.3 Å². The van der Waals surface area contributed by atoms with Crippen LogP contribution in [0.5, 0.6) is 0 Å². The fraction of sp³-hybridized carbons (Fsp3) is 1.00. The van der Waals surface area contributed by atoms with Crippen molar-refractivity contribution in [3.8, 4) is 0 Å². The standard InChI is InChI=1S/C22H48N2O2/c1-3-5-7-9-11-16-20-25-22(18-14-13-15-19-24-23)26-21-17-12-10-8-6-4-2/h22,24H,3-21,23H2,1-2H3. The lowest BCUT2D eigenvalue weighted by atomic mass is 10.1. The fourth-order valence-electron chi connectivity index (χ4n) is 3.12. The predicted molar refractivity (Wildman–Crippen MR) is 113 cm³/mol. The summed E-state index contributed by atoms with van der Waals surface area (Å²) in [6.07, 6.45) is 20.1. The molecular weight excluding hydrogens is 324 g/mol. The summed E-state index contributed by atoms with van der Waals surface area (Å²) in [5.41, 5.74) is 2.72. The van der Waals surface area contributed by atoms with Gasteiger partial charge >= 0.3 is 0 Å². The topological polar surface area (TPSA) is 56.5 Å². The van der Waals surface area contributed by atoms with Gasteiger partial charge in [-0.1, -0.05) is 84.5 Å². The summed E-state index contributed by atoms with van der Waals surface area (Å²) in [6, 6.07) is 0. The number of unbranched alkanes of at least 4 members (excludes halogenated alkanes) is 12. The van der Waals surface area contributed by atoms with E-state index in [1.165, 1.54) is 70.6 Å². The number of ether oxygens (including phenoxy) is 2. The molecule has 0 heterocycles. The van der Waals surface area contributed by atoms with Crippen LogP contribution in [0, 0.1) is 0 Å². The molecule has 0 bridgehead atoms. The summed E-state index contributed by atoms with van der Waals surface area (Å²) in [4.78, 5) is 0. The van der Waals surface area contributed by atoms with Crippen molar-refractivity contribution < 1.29 is 9.47 Å². The fourth-order valence-corrected chi connectivity index (χ4v) is 3.12. The van der Waals surface area contributed by atoms with Gasteiger partial charge in [-0.2, -0.15) is 0 Å². The summed E-state index contributed by atoms with van der Waals surface area (Å²) >= 11 is 0. The molecule has 0 aliphatic carbocycles. The number of hydrogen-bond donors (Lipinski definition) is 2. The molecule has 0 radical (unpaired) electrons. The van der Waals surface area contributed by atoms with E-state index in [9.17, 15) is 0 Å². The molecule has 0 aromatic rings. The third-order valence-electron chi connectivity index (χ3n) is 4.86. The molecule has 4 nitrogen and oxygen atoms in total. The molecule has 0 amide bonds. The smallest absolute Gasteiger partial charge is 0.157 e. The molecule has 0 saturated carbocycles. The van der Waals surface area contributed by atoms with Crippen LogP contribution in [-0.2, 0) is 9.47 Å². The highest BCUT2D eigenvalue weighted by Gasteiger charge is 2.09. The minimum atomic E-state index is -0.00730. The maximum atomic E-state index is 6.04. The molecule has 158 valence electrons. The highest BCUT2D eigenvalue weighted by atomic mass is 16.7. The van der Waals surface area contributed by atoms with Crippen molar-refractivity contribution in [2.45, 2.75) is 123 Å². The van der Waals surface area contributed by atoms with Crippen molar-refractivity contribution in [1.82, 2.24) is 5.43 Å². The molecule has 0 saturated heterocycles. The highest BCUT2D eigenvalue weighted by Crippen LogP contribution is 2.12. The van der Waals surface area contributed by atoms with E-state index in [1.807, 2.05) is 0 Å². The molecule has 0 aliphatic rings. The molecule has 4 heteroatoms. The third-order valence-corrected chi connectivity index (χ3v) is 4.86.